The lowest BCUT2D eigenvalue weighted by Crippen LogP contribution is -2.29. The van der Waals surface area contributed by atoms with E-state index in [2.05, 4.69) is 21.0 Å². The maximum Gasteiger partial charge on any atom is 0.342 e. The summed E-state index contributed by atoms with van der Waals surface area (Å²) in [5.41, 5.74) is 2.62. The molecule has 9 heteroatoms. The van der Waals surface area contributed by atoms with Gasteiger partial charge in [0, 0.05) is 24.2 Å². The molecule has 0 aliphatic rings. The van der Waals surface area contributed by atoms with Crippen LogP contribution in [0, 0.1) is 11.6 Å². The largest absolute Gasteiger partial charge is 0.342 e. The lowest BCUT2D eigenvalue weighted by molar-refractivity contribution is 0.240. The Morgan fingerprint density at radius 3 is 2.03 bits per heavy atom. The van der Waals surface area contributed by atoms with Crippen LogP contribution >= 0.6 is 0 Å². The fourth-order valence-electron chi connectivity index (χ4n) is 3.09. The molecule has 3 aromatic carbocycles. The Morgan fingerprint density at radius 1 is 0.812 bits per heavy atom. The van der Waals surface area contributed by atoms with Crippen LogP contribution in [0.1, 0.15) is 11.1 Å². The van der Waals surface area contributed by atoms with Crippen molar-refractivity contribution in [3.63, 3.8) is 0 Å². The maximum absolute atomic E-state index is 13.0. The number of carbonyl (C=O) groups excluding carboxylic acids is 2. The quantitative estimate of drug-likeness (QED) is 0.434. The van der Waals surface area contributed by atoms with E-state index in [0.29, 0.717) is 16.6 Å². The van der Waals surface area contributed by atoms with E-state index in [1.165, 1.54) is 35.1 Å². The topological polar surface area (TPSA) is 88.1 Å². The van der Waals surface area contributed by atoms with Gasteiger partial charge in [0.15, 0.2) is 0 Å². The van der Waals surface area contributed by atoms with Crippen LogP contribution in [0.4, 0.5) is 24.1 Å². The SMILES string of the molecule is O=C(NCc1ccc(F)cc1)Nc1ccc2c(cnn2C(=O)NCc2ccc(F)cc2)c1. The number of hydrogen-bond acceptors (Lipinski definition) is 3. The number of hydrogen-bond donors (Lipinski definition) is 3. The third kappa shape index (κ3) is 5.07. The van der Waals surface area contributed by atoms with E-state index in [-0.39, 0.29) is 24.7 Å². The number of nitrogens with one attached hydrogen (secondary N) is 3. The van der Waals surface area contributed by atoms with Gasteiger partial charge < -0.3 is 16.0 Å². The second-order valence-electron chi connectivity index (χ2n) is 7.05. The maximum atomic E-state index is 13.0. The van der Waals surface area contributed by atoms with Gasteiger partial charge in [0.05, 0.1) is 11.7 Å². The monoisotopic (exact) mass is 435 g/mol. The van der Waals surface area contributed by atoms with Gasteiger partial charge in [-0.2, -0.15) is 9.78 Å². The van der Waals surface area contributed by atoms with Crippen LogP contribution in [0.2, 0.25) is 0 Å². The molecule has 1 aromatic heterocycles. The molecule has 0 saturated carbocycles. The normalized spacial score (nSPS) is 10.7. The molecule has 0 unspecified atom stereocenters. The van der Waals surface area contributed by atoms with E-state index in [1.807, 2.05) is 0 Å². The minimum absolute atomic E-state index is 0.230. The second-order valence-corrected chi connectivity index (χ2v) is 7.05. The average Bonchev–Trinajstić information content (AvgIpc) is 3.21. The summed E-state index contributed by atoms with van der Waals surface area (Å²) in [6.45, 7) is 0.481. The predicted octanol–water partition coefficient (Wildman–Crippen LogP) is 4.39. The van der Waals surface area contributed by atoms with Crippen molar-refractivity contribution in [2.45, 2.75) is 13.1 Å². The van der Waals surface area contributed by atoms with E-state index in [1.54, 1.807) is 42.5 Å². The number of nitrogens with zero attached hydrogens (tertiary/aromatic N) is 2. The molecule has 3 N–H and O–H groups in total. The van der Waals surface area contributed by atoms with Crippen molar-refractivity contribution in [2.24, 2.45) is 0 Å². The molecule has 0 aliphatic carbocycles. The lowest BCUT2D eigenvalue weighted by Gasteiger charge is -2.09. The zero-order valence-corrected chi connectivity index (χ0v) is 16.8. The highest BCUT2D eigenvalue weighted by molar-refractivity contribution is 5.95. The molecule has 7 nitrogen and oxygen atoms in total. The van der Waals surface area contributed by atoms with Gasteiger partial charge in [0.1, 0.15) is 11.6 Å². The van der Waals surface area contributed by atoms with Gasteiger partial charge in [-0.1, -0.05) is 24.3 Å². The Hall–Kier alpha value is -4.27. The third-order valence-corrected chi connectivity index (χ3v) is 4.74. The minimum atomic E-state index is -0.429. The van der Waals surface area contributed by atoms with Gasteiger partial charge in [0.25, 0.3) is 0 Å². The molecule has 0 spiro atoms. The van der Waals surface area contributed by atoms with Crippen LogP contribution in [-0.4, -0.2) is 21.8 Å². The van der Waals surface area contributed by atoms with Crippen molar-refractivity contribution >= 4 is 28.7 Å². The summed E-state index contributed by atoms with van der Waals surface area (Å²) in [5.74, 6) is -0.678. The van der Waals surface area contributed by atoms with Gasteiger partial charge in [-0.05, 0) is 53.6 Å². The molecule has 3 amide bonds. The first-order valence-corrected chi connectivity index (χ1v) is 9.78. The van der Waals surface area contributed by atoms with Gasteiger partial charge in [-0.3, -0.25) is 0 Å². The molecule has 0 bridgehead atoms. The van der Waals surface area contributed by atoms with Crippen molar-refractivity contribution in [3.05, 3.63) is 95.7 Å². The molecule has 4 aromatic rings. The van der Waals surface area contributed by atoms with Crippen molar-refractivity contribution < 1.29 is 18.4 Å². The summed E-state index contributed by atoms with van der Waals surface area (Å²) >= 11 is 0. The Kier molecular flexibility index (Phi) is 6.07. The van der Waals surface area contributed by atoms with Crippen molar-refractivity contribution in [3.8, 4) is 0 Å². The number of fused-ring (bicyclic) bond motifs is 1. The number of rotatable bonds is 5. The Bertz CT molecular complexity index is 1250. The molecule has 0 saturated heterocycles. The minimum Gasteiger partial charge on any atom is -0.334 e. The van der Waals surface area contributed by atoms with Crippen LogP contribution in [0.15, 0.2) is 72.9 Å². The van der Waals surface area contributed by atoms with Crippen LogP contribution in [0.3, 0.4) is 0 Å². The molecule has 162 valence electrons. The highest BCUT2D eigenvalue weighted by atomic mass is 19.1. The molecule has 1 heterocycles. The van der Waals surface area contributed by atoms with Crippen molar-refractivity contribution in [2.75, 3.05) is 5.32 Å². The third-order valence-electron chi connectivity index (χ3n) is 4.74. The predicted molar refractivity (Wildman–Crippen MR) is 116 cm³/mol. The fraction of sp³-hybridized carbons (Fsp3) is 0.0870. The first kappa shape index (κ1) is 21.0. The Morgan fingerprint density at radius 2 is 1.41 bits per heavy atom. The van der Waals surface area contributed by atoms with E-state index >= 15 is 0 Å². The highest BCUT2D eigenvalue weighted by Crippen LogP contribution is 2.19. The fourth-order valence-corrected chi connectivity index (χ4v) is 3.09. The summed E-state index contributed by atoms with van der Waals surface area (Å²) in [7, 11) is 0. The zero-order chi connectivity index (χ0) is 22.5. The number of anilines is 1. The van der Waals surface area contributed by atoms with Crippen LogP contribution in [0.25, 0.3) is 10.9 Å². The zero-order valence-electron chi connectivity index (χ0n) is 16.8. The van der Waals surface area contributed by atoms with Gasteiger partial charge in [-0.25, -0.2) is 18.4 Å². The summed E-state index contributed by atoms with van der Waals surface area (Å²) in [5, 5.41) is 12.9. The molecular formula is C23H19F2N5O2. The van der Waals surface area contributed by atoms with Crippen molar-refractivity contribution in [1.82, 2.24) is 20.4 Å². The number of carbonyl (C=O) groups is 2. The first-order valence-electron chi connectivity index (χ1n) is 9.78. The summed E-state index contributed by atoms with van der Waals surface area (Å²) in [4.78, 5) is 24.6. The van der Waals surface area contributed by atoms with E-state index < -0.39 is 12.1 Å². The number of amides is 3. The highest BCUT2D eigenvalue weighted by Gasteiger charge is 2.11. The molecular weight excluding hydrogens is 416 g/mol. The molecule has 32 heavy (non-hydrogen) atoms. The average molecular weight is 435 g/mol. The van der Waals surface area contributed by atoms with E-state index in [0.717, 1.165) is 11.1 Å². The van der Waals surface area contributed by atoms with Crippen LogP contribution < -0.4 is 16.0 Å². The smallest absolute Gasteiger partial charge is 0.334 e. The molecule has 0 aliphatic heterocycles. The number of aromatic nitrogens is 2. The summed E-state index contributed by atoms with van der Waals surface area (Å²) in [6.07, 6.45) is 1.52. The molecule has 0 radical (unpaired) electrons. The number of halogens is 2. The summed E-state index contributed by atoms with van der Waals surface area (Å²) in [6, 6.07) is 15.9. The van der Waals surface area contributed by atoms with E-state index in [4.69, 9.17) is 0 Å². The second kappa shape index (κ2) is 9.25. The molecule has 4 rings (SSSR count). The number of urea groups is 1. The van der Waals surface area contributed by atoms with E-state index in [9.17, 15) is 18.4 Å². The summed E-state index contributed by atoms with van der Waals surface area (Å²) < 4.78 is 27.1. The molecule has 0 fully saturated rings. The number of benzene rings is 3. The van der Waals surface area contributed by atoms with Crippen LogP contribution in [-0.2, 0) is 13.1 Å². The Labute approximate surface area is 182 Å². The Balaban J connectivity index is 1.36. The standard InChI is InChI=1S/C23H19F2N5O2/c24-18-5-1-15(2-6-18)12-26-22(31)29-20-9-10-21-17(11-20)14-28-30(21)23(32)27-13-16-3-7-19(25)8-4-16/h1-11,14H,12-13H2,(H,27,32)(H2,26,29,31). The van der Waals surface area contributed by atoms with Gasteiger partial charge >= 0.3 is 12.1 Å². The van der Waals surface area contributed by atoms with Crippen LogP contribution in [0.5, 0.6) is 0 Å². The van der Waals surface area contributed by atoms with Gasteiger partial charge in [-0.15, -0.1) is 0 Å². The molecule has 0 atom stereocenters. The van der Waals surface area contributed by atoms with Crippen molar-refractivity contribution in [1.29, 1.82) is 0 Å². The lowest BCUT2D eigenvalue weighted by atomic mass is 10.2. The first-order chi connectivity index (χ1) is 15.5. The van der Waals surface area contributed by atoms with Gasteiger partial charge in [0.2, 0.25) is 0 Å².